The SMILES string of the molecule is CC1(C)CN(c2nc(C3CC3)nc3scc(-c4ccccc4)c23)CCO1. The maximum absolute atomic E-state index is 5.93. The van der Waals surface area contributed by atoms with Crippen LogP contribution in [0.5, 0.6) is 0 Å². The zero-order valence-electron chi connectivity index (χ0n) is 15.2. The number of hydrogen-bond acceptors (Lipinski definition) is 5. The molecule has 4 nitrogen and oxygen atoms in total. The van der Waals surface area contributed by atoms with Crippen molar-refractivity contribution in [2.24, 2.45) is 0 Å². The molecule has 3 heterocycles. The predicted octanol–water partition coefficient (Wildman–Crippen LogP) is 4.85. The molecule has 26 heavy (non-hydrogen) atoms. The van der Waals surface area contributed by atoms with Crippen LogP contribution >= 0.6 is 11.3 Å². The van der Waals surface area contributed by atoms with Crippen LogP contribution in [0, 0.1) is 0 Å². The number of anilines is 1. The molecule has 0 unspecified atom stereocenters. The molecule has 5 rings (SSSR count). The van der Waals surface area contributed by atoms with Gasteiger partial charge in [0.1, 0.15) is 16.5 Å². The molecule has 0 amide bonds. The molecule has 5 heteroatoms. The highest BCUT2D eigenvalue weighted by atomic mass is 32.1. The van der Waals surface area contributed by atoms with Crippen LogP contribution in [0.15, 0.2) is 35.7 Å². The van der Waals surface area contributed by atoms with Crippen LogP contribution in [0.1, 0.15) is 38.4 Å². The molecule has 0 atom stereocenters. The van der Waals surface area contributed by atoms with Crippen molar-refractivity contribution in [1.29, 1.82) is 0 Å². The topological polar surface area (TPSA) is 38.2 Å². The number of thiophene rings is 1. The predicted molar refractivity (Wildman–Crippen MR) is 107 cm³/mol. The largest absolute Gasteiger partial charge is 0.372 e. The maximum Gasteiger partial charge on any atom is 0.141 e. The Labute approximate surface area is 157 Å². The molecular formula is C21H23N3OS. The highest BCUT2D eigenvalue weighted by Crippen LogP contribution is 2.44. The molecule has 0 N–H and O–H groups in total. The van der Waals surface area contributed by atoms with E-state index in [2.05, 4.69) is 54.5 Å². The summed E-state index contributed by atoms with van der Waals surface area (Å²) in [7, 11) is 0. The van der Waals surface area contributed by atoms with Gasteiger partial charge in [-0.25, -0.2) is 9.97 Å². The minimum atomic E-state index is -0.155. The Morgan fingerprint density at radius 3 is 2.69 bits per heavy atom. The van der Waals surface area contributed by atoms with E-state index in [-0.39, 0.29) is 5.60 Å². The first kappa shape index (κ1) is 16.2. The Bertz CT molecular complexity index is 947. The lowest BCUT2D eigenvalue weighted by molar-refractivity contribution is -0.0278. The lowest BCUT2D eigenvalue weighted by Gasteiger charge is -2.39. The molecule has 1 aromatic carbocycles. The molecule has 0 radical (unpaired) electrons. The second-order valence-electron chi connectivity index (χ2n) is 7.90. The lowest BCUT2D eigenvalue weighted by Crippen LogP contribution is -2.48. The van der Waals surface area contributed by atoms with Gasteiger partial charge in [0, 0.05) is 30.0 Å². The molecule has 1 saturated carbocycles. The summed E-state index contributed by atoms with van der Waals surface area (Å²) in [6.07, 6.45) is 2.44. The third-order valence-electron chi connectivity index (χ3n) is 5.18. The summed E-state index contributed by atoms with van der Waals surface area (Å²) >= 11 is 1.74. The summed E-state index contributed by atoms with van der Waals surface area (Å²) in [6, 6.07) is 10.6. The normalized spacial score (nSPS) is 19.8. The number of hydrogen-bond donors (Lipinski definition) is 0. The average Bonchev–Trinajstić information content (AvgIpc) is 3.40. The van der Waals surface area contributed by atoms with Crippen LogP contribution in [-0.4, -0.2) is 35.3 Å². The molecular weight excluding hydrogens is 342 g/mol. The molecule has 0 spiro atoms. The molecule has 0 bridgehead atoms. The molecule has 2 aromatic heterocycles. The van der Waals surface area contributed by atoms with Crippen LogP contribution in [0.2, 0.25) is 0 Å². The van der Waals surface area contributed by atoms with Gasteiger partial charge in [-0.3, -0.25) is 0 Å². The highest BCUT2D eigenvalue weighted by molar-refractivity contribution is 7.17. The van der Waals surface area contributed by atoms with E-state index >= 15 is 0 Å². The Hall–Kier alpha value is -1.98. The minimum absolute atomic E-state index is 0.155. The number of rotatable bonds is 3. The van der Waals surface area contributed by atoms with Gasteiger partial charge in [-0.05, 0) is 32.3 Å². The van der Waals surface area contributed by atoms with Crippen molar-refractivity contribution >= 4 is 27.4 Å². The van der Waals surface area contributed by atoms with Gasteiger partial charge in [0.2, 0.25) is 0 Å². The lowest BCUT2D eigenvalue weighted by atomic mass is 10.0. The average molecular weight is 366 g/mol. The summed E-state index contributed by atoms with van der Waals surface area (Å²) in [4.78, 5) is 13.5. The first-order valence-corrected chi connectivity index (χ1v) is 10.2. The van der Waals surface area contributed by atoms with Crippen molar-refractivity contribution < 1.29 is 4.74 Å². The molecule has 134 valence electrons. The third kappa shape index (κ3) is 2.89. The van der Waals surface area contributed by atoms with Crippen LogP contribution < -0.4 is 4.90 Å². The van der Waals surface area contributed by atoms with Crippen molar-refractivity contribution in [2.45, 2.75) is 38.2 Å². The fraction of sp³-hybridized carbons (Fsp3) is 0.429. The minimum Gasteiger partial charge on any atom is -0.372 e. The van der Waals surface area contributed by atoms with Crippen molar-refractivity contribution in [3.8, 4) is 11.1 Å². The molecule has 1 saturated heterocycles. The quantitative estimate of drug-likeness (QED) is 0.665. The van der Waals surface area contributed by atoms with Gasteiger partial charge in [0.15, 0.2) is 0 Å². The molecule has 1 aliphatic carbocycles. The number of aromatic nitrogens is 2. The summed E-state index contributed by atoms with van der Waals surface area (Å²) in [5.74, 6) is 2.67. The van der Waals surface area contributed by atoms with Crippen molar-refractivity contribution in [2.75, 3.05) is 24.6 Å². The Morgan fingerprint density at radius 2 is 1.96 bits per heavy atom. The number of fused-ring (bicyclic) bond motifs is 1. The fourth-order valence-electron chi connectivity index (χ4n) is 3.72. The van der Waals surface area contributed by atoms with Gasteiger partial charge in [-0.1, -0.05) is 30.3 Å². The number of benzene rings is 1. The molecule has 3 aromatic rings. The van der Waals surface area contributed by atoms with Crippen LogP contribution in [0.4, 0.5) is 5.82 Å². The van der Waals surface area contributed by atoms with Gasteiger partial charge >= 0.3 is 0 Å². The monoisotopic (exact) mass is 365 g/mol. The van der Waals surface area contributed by atoms with Gasteiger partial charge in [-0.15, -0.1) is 11.3 Å². The fourth-order valence-corrected chi connectivity index (χ4v) is 4.67. The summed E-state index contributed by atoms with van der Waals surface area (Å²) < 4.78 is 5.93. The second kappa shape index (κ2) is 6.03. The Balaban J connectivity index is 1.69. The first-order valence-electron chi connectivity index (χ1n) is 9.34. The van der Waals surface area contributed by atoms with Gasteiger partial charge in [-0.2, -0.15) is 0 Å². The first-order chi connectivity index (χ1) is 12.6. The zero-order valence-corrected chi connectivity index (χ0v) is 16.1. The van der Waals surface area contributed by atoms with E-state index in [1.807, 2.05) is 0 Å². The van der Waals surface area contributed by atoms with Gasteiger partial charge < -0.3 is 9.64 Å². The Kier molecular flexibility index (Phi) is 3.76. The third-order valence-corrected chi connectivity index (χ3v) is 6.06. The summed E-state index contributed by atoms with van der Waals surface area (Å²) in [5, 5.41) is 3.43. The van der Waals surface area contributed by atoms with E-state index < -0.39 is 0 Å². The molecule has 2 aliphatic rings. The Morgan fingerprint density at radius 1 is 1.15 bits per heavy atom. The smallest absolute Gasteiger partial charge is 0.141 e. The van der Waals surface area contributed by atoms with E-state index in [9.17, 15) is 0 Å². The van der Waals surface area contributed by atoms with Crippen LogP contribution in [-0.2, 0) is 4.74 Å². The highest BCUT2D eigenvalue weighted by Gasteiger charge is 2.33. The summed E-state index contributed by atoms with van der Waals surface area (Å²) in [5.41, 5.74) is 2.32. The second-order valence-corrected chi connectivity index (χ2v) is 8.76. The van der Waals surface area contributed by atoms with Crippen molar-refractivity contribution in [3.63, 3.8) is 0 Å². The molecule has 1 aliphatic heterocycles. The van der Waals surface area contributed by atoms with Gasteiger partial charge in [0.25, 0.3) is 0 Å². The van der Waals surface area contributed by atoms with Crippen molar-refractivity contribution in [3.05, 3.63) is 41.5 Å². The van der Waals surface area contributed by atoms with E-state index in [0.29, 0.717) is 5.92 Å². The van der Waals surface area contributed by atoms with Crippen LogP contribution in [0.25, 0.3) is 21.3 Å². The standard InChI is InChI=1S/C21H23N3OS/c1-21(2)13-24(10-11-25-21)19-17-16(14-6-4-3-5-7-14)12-26-20(17)23-18(22-19)15-8-9-15/h3-7,12,15H,8-11,13H2,1-2H3. The molecule has 2 fully saturated rings. The van der Waals surface area contributed by atoms with Crippen LogP contribution in [0.3, 0.4) is 0 Å². The van der Waals surface area contributed by atoms with E-state index in [1.54, 1.807) is 11.3 Å². The number of morpholine rings is 1. The zero-order chi connectivity index (χ0) is 17.7. The van der Waals surface area contributed by atoms with Crippen molar-refractivity contribution in [1.82, 2.24) is 9.97 Å². The van der Waals surface area contributed by atoms with E-state index in [4.69, 9.17) is 14.7 Å². The van der Waals surface area contributed by atoms with E-state index in [1.165, 1.54) is 29.4 Å². The van der Waals surface area contributed by atoms with Gasteiger partial charge in [0.05, 0.1) is 17.6 Å². The maximum atomic E-state index is 5.93. The number of nitrogens with zero attached hydrogens (tertiary/aromatic N) is 3. The number of ether oxygens (including phenoxy) is 1. The summed E-state index contributed by atoms with van der Waals surface area (Å²) in [6.45, 7) is 6.79. The van der Waals surface area contributed by atoms with E-state index in [0.717, 1.165) is 36.2 Å².